The number of hydrogen-bond donors (Lipinski definition) is 0. The van der Waals surface area contributed by atoms with Crippen LogP contribution < -0.4 is 4.90 Å². The van der Waals surface area contributed by atoms with Gasteiger partial charge in [0, 0.05) is 43.6 Å². The number of likely N-dealkylation sites (tertiary alicyclic amines) is 1. The second-order valence-electron chi connectivity index (χ2n) is 9.14. The molecule has 0 saturated carbocycles. The van der Waals surface area contributed by atoms with Crippen molar-refractivity contribution in [2.24, 2.45) is 0 Å². The van der Waals surface area contributed by atoms with Crippen molar-refractivity contribution in [3.05, 3.63) is 16.8 Å². The molecule has 3 aliphatic rings. The van der Waals surface area contributed by atoms with Gasteiger partial charge < -0.3 is 9.80 Å². The molecule has 1 aliphatic carbocycles. The van der Waals surface area contributed by atoms with Gasteiger partial charge in [-0.2, -0.15) is 0 Å². The Morgan fingerprint density at radius 2 is 1.87 bits per heavy atom. The van der Waals surface area contributed by atoms with Crippen LogP contribution in [0.25, 0.3) is 10.2 Å². The quantitative estimate of drug-likeness (QED) is 0.702. The highest BCUT2D eigenvalue weighted by molar-refractivity contribution is 7.18. The molecule has 1 atom stereocenters. The van der Waals surface area contributed by atoms with Crippen molar-refractivity contribution in [1.29, 1.82) is 0 Å². The van der Waals surface area contributed by atoms with E-state index in [-0.39, 0.29) is 0 Å². The summed E-state index contributed by atoms with van der Waals surface area (Å²) in [5.41, 5.74) is 1.51. The Balaban J connectivity index is 1.27. The molecule has 7 heteroatoms. The number of nitrogens with zero attached hydrogens (tertiary/aromatic N) is 5. The lowest BCUT2D eigenvalue weighted by Crippen LogP contribution is -2.52. The summed E-state index contributed by atoms with van der Waals surface area (Å²) in [5, 5.41) is 1.31. The predicted octanol–water partition coefficient (Wildman–Crippen LogP) is 3.48. The minimum absolute atomic E-state index is 0.309. The smallest absolute Gasteiger partial charge is 0.236 e. The van der Waals surface area contributed by atoms with E-state index in [0.29, 0.717) is 18.5 Å². The molecule has 2 saturated heterocycles. The van der Waals surface area contributed by atoms with Crippen molar-refractivity contribution in [1.82, 2.24) is 19.8 Å². The number of aromatic nitrogens is 2. The van der Waals surface area contributed by atoms with Gasteiger partial charge in [-0.05, 0) is 57.4 Å². The van der Waals surface area contributed by atoms with Gasteiger partial charge in [-0.3, -0.25) is 9.69 Å². The Hall–Kier alpha value is -1.73. The number of anilines is 1. The number of carbonyl (C=O) groups is 1. The van der Waals surface area contributed by atoms with Gasteiger partial charge in [0.05, 0.1) is 11.9 Å². The number of piperazine rings is 1. The Bertz CT molecular complexity index is 904. The first kappa shape index (κ1) is 20.2. The lowest BCUT2D eigenvalue weighted by Gasteiger charge is -2.38. The Morgan fingerprint density at radius 3 is 2.70 bits per heavy atom. The van der Waals surface area contributed by atoms with Crippen LogP contribution in [0.5, 0.6) is 0 Å². The lowest BCUT2D eigenvalue weighted by atomic mass is 10.0. The SMILES string of the molecule is CC1CCCCN1C(=O)CN1CCN(c2ncnc3sc4c(c23)CCCCC4)CC1. The van der Waals surface area contributed by atoms with E-state index >= 15 is 0 Å². The van der Waals surface area contributed by atoms with Crippen LogP contribution in [-0.4, -0.2) is 71.0 Å². The molecule has 2 fully saturated rings. The van der Waals surface area contributed by atoms with Crippen LogP contribution in [0.1, 0.15) is 55.9 Å². The third-order valence-corrected chi connectivity index (χ3v) is 8.34. The minimum Gasteiger partial charge on any atom is -0.353 e. The molecule has 5 rings (SSSR count). The van der Waals surface area contributed by atoms with Crippen molar-refractivity contribution in [2.75, 3.05) is 44.2 Å². The average Bonchev–Trinajstić information content (AvgIpc) is 2.96. The maximum absolute atomic E-state index is 12.8. The summed E-state index contributed by atoms with van der Waals surface area (Å²) < 4.78 is 0. The molecule has 30 heavy (non-hydrogen) atoms. The second-order valence-corrected chi connectivity index (χ2v) is 10.2. The fourth-order valence-electron chi connectivity index (χ4n) is 5.36. The average molecular weight is 428 g/mol. The molecule has 0 bridgehead atoms. The van der Waals surface area contributed by atoms with Crippen LogP contribution in [0.3, 0.4) is 0 Å². The monoisotopic (exact) mass is 427 g/mol. The lowest BCUT2D eigenvalue weighted by molar-refractivity contribution is -0.135. The first-order valence-corrected chi connectivity index (χ1v) is 12.5. The van der Waals surface area contributed by atoms with Crippen molar-refractivity contribution in [2.45, 2.75) is 64.3 Å². The summed E-state index contributed by atoms with van der Waals surface area (Å²) in [6.07, 6.45) is 11.5. The second kappa shape index (κ2) is 8.79. The van der Waals surface area contributed by atoms with E-state index in [1.807, 2.05) is 11.3 Å². The van der Waals surface area contributed by atoms with Crippen LogP contribution in [0, 0.1) is 0 Å². The van der Waals surface area contributed by atoms with Crippen LogP contribution in [0.4, 0.5) is 5.82 Å². The van der Waals surface area contributed by atoms with Crippen molar-refractivity contribution >= 4 is 33.3 Å². The Kier molecular flexibility index (Phi) is 5.92. The molecule has 2 aliphatic heterocycles. The van der Waals surface area contributed by atoms with Gasteiger partial charge in [0.15, 0.2) is 0 Å². The fourth-order valence-corrected chi connectivity index (χ4v) is 6.58. The molecule has 2 aromatic heterocycles. The number of aryl methyl sites for hydroxylation is 2. The highest BCUT2D eigenvalue weighted by atomic mass is 32.1. The zero-order valence-corrected chi connectivity index (χ0v) is 18.9. The summed E-state index contributed by atoms with van der Waals surface area (Å²) in [6.45, 7) is 7.39. The third kappa shape index (κ3) is 3.94. The van der Waals surface area contributed by atoms with Gasteiger partial charge in [-0.25, -0.2) is 9.97 Å². The standard InChI is InChI=1S/C23H33N5OS/c1-17-7-5-6-10-28(17)20(29)15-26-11-13-27(14-12-26)22-21-18-8-3-2-4-9-19(18)30-23(21)25-16-24-22/h16-17H,2-15H2,1H3. The summed E-state index contributed by atoms with van der Waals surface area (Å²) in [6, 6.07) is 0.399. The number of rotatable bonds is 3. The van der Waals surface area contributed by atoms with E-state index in [1.165, 1.54) is 47.9 Å². The highest BCUT2D eigenvalue weighted by Crippen LogP contribution is 2.38. The largest absolute Gasteiger partial charge is 0.353 e. The molecule has 6 nitrogen and oxygen atoms in total. The zero-order chi connectivity index (χ0) is 20.5. The molecule has 4 heterocycles. The first-order valence-electron chi connectivity index (χ1n) is 11.7. The third-order valence-electron chi connectivity index (χ3n) is 7.14. The molecule has 0 spiro atoms. The number of fused-ring (bicyclic) bond motifs is 3. The van der Waals surface area contributed by atoms with E-state index in [1.54, 1.807) is 6.33 Å². The van der Waals surface area contributed by atoms with Crippen LogP contribution in [0.15, 0.2) is 6.33 Å². The van der Waals surface area contributed by atoms with E-state index < -0.39 is 0 Å². The van der Waals surface area contributed by atoms with Crippen molar-refractivity contribution in [3.8, 4) is 0 Å². The van der Waals surface area contributed by atoms with Crippen molar-refractivity contribution < 1.29 is 4.79 Å². The van der Waals surface area contributed by atoms with Gasteiger partial charge in [0.25, 0.3) is 0 Å². The molecule has 0 N–H and O–H groups in total. The molecule has 0 radical (unpaired) electrons. The van der Waals surface area contributed by atoms with Crippen LogP contribution in [0.2, 0.25) is 0 Å². The highest BCUT2D eigenvalue weighted by Gasteiger charge is 2.28. The van der Waals surface area contributed by atoms with Crippen molar-refractivity contribution in [3.63, 3.8) is 0 Å². The number of carbonyl (C=O) groups excluding carboxylic acids is 1. The molecule has 162 valence electrons. The molecule has 1 amide bonds. The molecular weight excluding hydrogens is 394 g/mol. The Morgan fingerprint density at radius 1 is 1.03 bits per heavy atom. The van der Waals surface area contributed by atoms with E-state index in [0.717, 1.165) is 62.6 Å². The molecule has 1 unspecified atom stereocenters. The predicted molar refractivity (Wildman–Crippen MR) is 122 cm³/mol. The van der Waals surface area contributed by atoms with E-state index in [9.17, 15) is 4.79 Å². The molecule has 0 aromatic carbocycles. The summed E-state index contributed by atoms with van der Waals surface area (Å²) in [4.78, 5) is 31.7. The molecule has 2 aromatic rings. The first-order chi connectivity index (χ1) is 14.7. The number of piperidine rings is 1. The van der Waals surface area contributed by atoms with Gasteiger partial charge in [-0.1, -0.05) is 6.42 Å². The number of hydrogen-bond acceptors (Lipinski definition) is 6. The number of amides is 1. The van der Waals surface area contributed by atoms with Crippen LogP contribution >= 0.6 is 11.3 Å². The molecular formula is C23H33N5OS. The summed E-state index contributed by atoms with van der Waals surface area (Å²) in [5.74, 6) is 1.43. The Labute approximate surface area is 183 Å². The maximum atomic E-state index is 12.8. The van der Waals surface area contributed by atoms with Gasteiger partial charge in [-0.15, -0.1) is 11.3 Å². The minimum atomic E-state index is 0.309. The normalized spacial score (nSPS) is 23.4. The maximum Gasteiger partial charge on any atom is 0.236 e. The van der Waals surface area contributed by atoms with Gasteiger partial charge >= 0.3 is 0 Å². The van der Waals surface area contributed by atoms with Gasteiger partial charge in [0.1, 0.15) is 17.0 Å². The topological polar surface area (TPSA) is 52.6 Å². The number of thiophene rings is 1. The van der Waals surface area contributed by atoms with Gasteiger partial charge in [0.2, 0.25) is 5.91 Å². The van der Waals surface area contributed by atoms with E-state index in [4.69, 9.17) is 4.98 Å². The summed E-state index contributed by atoms with van der Waals surface area (Å²) >= 11 is 1.88. The zero-order valence-electron chi connectivity index (χ0n) is 18.1. The van der Waals surface area contributed by atoms with Crippen LogP contribution in [-0.2, 0) is 17.6 Å². The summed E-state index contributed by atoms with van der Waals surface area (Å²) in [7, 11) is 0. The van der Waals surface area contributed by atoms with E-state index in [2.05, 4.69) is 26.6 Å². The fraction of sp³-hybridized carbons (Fsp3) is 0.696.